The Morgan fingerprint density at radius 1 is 1.46 bits per heavy atom. The van der Waals surface area contributed by atoms with Crippen LogP contribution in [0, 0.1) is 22.7 Å². The number of aryl methyl sites for hydroxylation is 1. The molecule has 0 aromatic carbocycles. The van der Waals surface area contributed by atoms with Crippen LogP contribution in [0.5, 0.6) is 0 Å². The van der Waals surface area contributed by atoms with Crippen LogP contribution in [0.15, 0.2) is 6.20 Å². The maximum absolute atomic E-state index is 8.43. The van der Waals surface area contributed by atoms with Gasteiger partial charge in [-0.25, -0.2) is 4.68 Å². The first-order chi connectivity index (χ1) is 6.29. The first-order valence-corrected chi connectivity index (χ1v) is 3.83. The van der Waals surface area contributed by atoms with Crippen molar-refractivity contribution in [2.45, 2.75) is 19.4 Å². The number of rotatable bonds is 3. The van der Waals surface area contributed by atoms with Crippen molar-refractivity contribution in [2.24, 2.45) is 0 Å². The molecule has 0 spiro atoms. The van der Waals surface area contributed by atoms with E-state index in [-0.39, 0.29) is 6.42 Å². The van der Waals surface area contributed by atoms with Crippen LogP contribution in [0.3, 0.4) is 0 Å². The second-order valence-corrected chi connectivity index (χ2v) is 2.52. The summed E-state index contributed by atoms with van der Waals surface area (Å²) in [6.07, 6.45) is 2.20. The molecule has 0 bridgehead atoms. The Hall–Kier alpha value is -2.01. The van der Waals surface area contributed by atoms with Crippen LogP contribution < -0.4 is 5.73 Å². The van der Waals surface area contributed by atoms with Crippen molar-refractivity contribution in [3.05, 3.63) is 11.8 Å². The standard InChI is InChI=1S/C8H9N5/c9-3-1-5-13-8(11)7(2-4-10)6-12-13/h6H,1-2,5,11H2. The number of aromatic nitrogens is 2. The average molecular weight is 175 g/mol. The van der Waals surface area contributed by atoms with Crippen LogP contribution in [-0.2, 0) is 13.0 Å². The van der Waals surface area contributed by atoms with E-state index in [0.717, 1.165) is 5.56 Å². The highest BCUT2D eigenvalue weighted by Gasteiger charge is 2.05. The van der Waals surface area contributed by atoms with Gasteiger partial charge in [-0.15, -0.1) is 0 Å². The molecule has 0 saturated heterocycles. The minimum atomic E-state index is 0.262. The molecule has 0 aliphatic rings. The lowest BCUT2D eigenvalue weighted by atomic mass is 10.2. The minimum Gasteiger partial charge on any atom is -0.384 e. The van der Waals surface area contributed by atoms with E-state index in [1.54, 1.807) is 6.20 Å². The van der Waals surface area contributed by atoms with Gasteiger partial charge in [-0.3, -0.25) is 0 Å². The number of nitriles is 2. The van der Waals surface area contributed by atoms with Crippen molar-refractivity contribution >= 4 is 5.82 Å². The summed E-state index contributed by atoms with van der Waals surface area (Å²) in [4.78, 5) is 0. The van der Waals surface area contributed by atoms with Crippen molar-refractivity contribution in [3.63, 3.8) is 0 Å². The van der Waals surface area contributed by atoms with Crippen molar-refractivity contribution in [1.82, 2.24) is 9.78 Å². The highest BCUT2D eigenvalue weighted by atomic mass is 15.3. The lowest BCUT2D eigenvalue weighted by Crippen LogP contribution is -2.05. The number of nitrogens with two attached hydrogens (primary N) is 1. The zero-order valence-corrected chi connectivity index (χ0v) is 7.06. The SMILES string of the molecule is N#CCCn1ncc(CC#N)c1N. The van der Waals surface area contributed by atoms with Gasteiger partial charge >= 0.3 is 0 Å². The Morgan fingerprint density at radius 3 is 2.85 bits per heavy atom. The van der Waals surface area contributed by atoms with Crippen molar-refractivity contribution in [3.8, 4) is 12.1 Å². The van der Waals surface area contributed by atoms with E-state index < -0.39 is 0 Å². The Labute approximate surface area is 76.0 Å². The molecule has 66 valence electrons. The fourth-order valence-corrected chi connectivity index (χ4v) is 0.989. The molecule has 1 rings (SSSR count). The van der Waals surface area contributed by atoms with E-state index in [1.165, 1.54) is 4.68 Å². The number of anilines is 1. The molecular formula is C8H9N5. The highest BCUT2D eigenvalue weighted by molar-refractivity contribution is 5.40. The third kappa shape index (κ3) is 1.97. The predicted octanol–water partition coefficient (Wildman–Crippen LogP) is 0.445. The molecule has 13 heavy (non-hydrogen) atoms. The molecule has 0 radical (unpaired) electrons. The van der Waals surface area contributed by atoms with E-state index in [4.69, 9.17) is 16.3 Å². The van der Waals surface area contributed by atoms with E-state index in [9.17, 15) is 0 Å². The number of hydrogen-bond acceptors (Lipinski definition) is 4. The second kappa shape index (κ2) is 4.13. The van der Waals surface area contributed by atoms with Gasteiger partial charge in [-0.2, -0.15) is 15.6 Å². The Kier molecular flexibility index (Phi) is 2.88. The van der Waals surface area contributed by atoms with Crippen LogP contribution in [0.1, 0.15) is 12.0 Å². The quantitative estimate of drug-likeness (QED) is 0.721. The molecule has 1 aromatic rings. The summed E-state index contributed by atoms with van der Waals surface area (Å²) in [5.41, 5.74) is 6.39. The van der Waals surface area contributed by atoms with Gasteiger partial charge in [0.1, 0.15) is 5.82 Å². The fraction of sp³-hybridized carbons (Fsp3) is 0.375. The molecular weight excluding hydrogens is 166 g/mol. The normalized spacial score (nSPS) is 9.08. The zero-order valence-electron chi connectivity index (χ0n) is 7.06. The third-order valence-corrected chi connectivity index (χ3v) is 1.66. The van der Waals surface area contributed by atoms with Gasteiger partial charge in [0.05, 0.1) is 37.7 Å². The lowest BCUT2D eigenvalue weighted by molar-refractivity contribution is 0.636. The molecule has 5 nitrogen and oxygen atoms in total. The fourth-order valence-electron chi connectivity index (χ4n) is 0.989. The van der Waals surface area contributed by atoms with E-state index in [1.807, 2.05) is 12.1 Å². The monoisotopic (exact) mass is 175 g/mol. The van der Waals surface area contributed by atoms with Crippen LogP contribution in [0.2, 0.25) is 0 Å². The molecule has 5 heteroatoms. The summed E-state index contributed by atoms with van der Waals surface area (Å²) in [5.74, 6) is 0.483. The molecule has 1 heterocycles. The molecule has 1 aromatic heterocycles. The van der Waals surface area contributed by atoms with Gasteiger partial charge < -0.3 is 5.73 Å². The van der Waals surface area contributed by atoms with Crippen LogP contribution >= 0.6 is 0 Å². The molecule has 0 unspecified atom stereocenters. The Balaban J connectivity index is 2.76. The number of nitrogens with zero attached hydrogens (tertiary/aromatic N) is 4. The first kappa shape index (κ1) is 9.08. The van der Waals surface area contributed by atoms with Gasteiger partial charge in [0, 0.05) is 5.56 Å². The maximum Gasteiger partial charge on any atom is 0.125 e. The molecule has 0 aliphatic carbocycles. The molecule has 2 N–H and O–H groups in total. The Morgan fingerprint density at radius 2 is 2.23 bits per heavy atom. The molecule has 0 aliphatic heterocycles. The van der Waals surface area contributed by atoms with Crippen LogP contribution in [0.25, 0.3) is 0 Å². The number of nitrogen functional groups attached to an aromatic ring is 1. The van der Waals surface area contributed by atoms with Gasteiger partial charge in [-0.1, -0.05) is 0 Å². The van der Waals surface area contributed by atoms with Crippen molar-refractivity contribution in [1.29, 1.82) is 10.5 Å². The summed E-state index contributed by atoms with van der Waals surface area (Å²) in [7, 11) is 0. The van der Waals surface area contributed by atoms with E-state index in [2.05, 4.69) is 5.10 Å². The smallest absolute Gasteiger partial charge is 0.125 e. The van der Waals surface area contributed by atoms with E-state index in [0.29, 0.717) is 18.8 Å². The average Bonchev–Trinajstić information content (AvgIpc) is 2.46. The largest absolute Gasteiger partial charge is 0.384 e. The number of hydrogen-bond donors (Lipinski definition) is 1. The minimum absolute atomic E-state index is 0.262. The summed E-state index contributed by atoms with van der Waals surface area (Å²) in [6, 6.07) is 4.00. The molecule has 0 atom stereocenters. The topological polar surface area (TPSA) is 91.4 Å². The summed E-state index contributed by atoms with van der Waals surface area (Å²) < 4.78 is 1.54. The predicted molar refractivity (Wildman–Crippen MR) is 46.2 cm³/mol. The molecule has 0 amide bonds. The highest BCUT2D eigenvalue weighted by Crippen LogP contribution is 2.11. The van der Waals surface area contributed by atoms with Crippen molar-refractivity contribution < 1.29 is 0 Å². The van der Waals surface area contributed by atoms with Crippen LogP contribution in [0.4, 0.5) is 5.82 Å². The van der Waals surface area contributed by atoms with Crippen LogP contribution in [-0.4, -0.2) is 9.78 Å². The lowest BCUT2D eigenvalue weighted by Gasteiger charge is -1.99. The Bertz CT molecular complexity index is 365. The van der Waals surface area contributed by atoms with E-state index >= 15 is 0 Å². The summed E-state index contributed by atoms with van der Waals surface area (Å²) in [5, 5.41) is 20.7. The zero-order chi connectivity index (χ0) is 9.68. The maximum atomic E-state index is 8.43. The van der Waals surface area contributed by atoms with Gasteiger partial charge in [0.25, 0.3) is 0 Å². The summed E-state index contributed by atoms with van der Waals surface area (Å²) >= 11 is 0. The first-order valence-electron chi connectivity index (χ1n) is 3.83. The van der Waals surface area contributed by atoms with Gasteiger partial charge in [-0.05, 0) is 0 Å². The second-order valence-electron chi connectivity index (χ2n) is 2.52. The third-order valence-electron chi connectivity index (χ3n) is 1.66. The molecule has 0 saturated carbocycles. The van der Waals surface area contributed by atoms with Crippen molar-refractivity contribution in [2.75, 3.05) is 5.73 Å². The van der Waals surface area contributed by atoms with Gasteiger partial charge in [0.15, 0.2) is 0 Å². The summed E-state index contributed by atoms with van der Waals surface area (Å²) in [6.45, 7) is 0.480. The molecule has 0 fully saturated rings. The van der Waals surface area contributed by atoms with Gasteiger partial charge in [0.2, 0.25) is 0 Å².